The Bertz CT molecular complexity index is 458. The third-order valence-corrected chi connectivity index (χ3v) is 2.44. The summed E-state index contributed by atoms with van der Waals surface area (Å²) in [4.78, 5) is 10.4. The van der Waals surface area contributed by atoms with Crippen molar-refractivity contribution in [2.24, 2.45) is 5.92 Å². The van der Waals surface area contributed by atoms with Crippen LogP contribution in [0, 0.1) is 21.8 Å². The summed E-state index contributed by atoms with van der Waals surface area (Å²) < 4.78 is 13.2. The Morgan fingerprint density at radius 3 is 2.71 bits per heavy atom. The lowest BCUT2D eigenvalue weighted by Crippen LogP contribution is -2.02. The summed E-state index contributed by atoms with van der Waals surface area (Å²) in [5, 5.41) is 10.8. The fourth-order valence-electron chi connectivity index (χ4n) is 1.40. The predicted molar refractivity (Wildman–Crippen MR) is 65.8 cm³/mol. The summed E-state index contributed by atoms with van der Waals surface area (Å²) in [5.74, 6) is -0.406. The Morgan fingerprint density at radius 1 is 1.59 bits per heavy atom. The van der Waals surface area contributed by atoms with E-state index in [4.69, 9.17) is 11.6 Å². The zero-order chi connectivity index (χ0) is 13.0. The molecule has 92 valence electrons. The Labute approximate surface area is 104 Å². The summed E-state index contributed by atoms with van der Waals surface area (Å²) in [5.41, 5.74) is 0.515. The van der Waals surface area contributed by atoms with Crippen LogP contribution in [0.4, 0.5) is 4.39 Å². The van der Waals surface area contributed by atoms with Crippen molar-refractivity contribution in [3.8, 4) is 0 Å². The van der Waals surface area contributed by atoms with E-state index in [0.717, 1.165) is 0 Å². The van der Waals surface area contributed by atoms with Gasteiger partial charge in [0.05, 0.1) is 9.95 Å². The van der Waals surface area contributed by atoms with Crippen LogP contribution in [0.3, 0.4) is 0 Å². The van der Waals surface area contributed by atoms with E-state index in [1.807, 2.05) is 13.8 Å². The Morgan fingerprint density at radius 2 is 2.24 bits per heavy atom. The van der Waals surface area contributed by atoms with Crippen molar-refractivity contribution in [3.63, 3.8) is 0 Å². The van der Waals surface area contributed by atoms with E-state index in [1.54, 1.807) is 6.07 Å². The van der Waals surface area contributed by atoms with Crippen molar-refractivity contribution >= 4 is 17.7 Å². The molecule has 0 amide bonds. The van der Waals surface area contributed by atoms with Gasteiger partial charge >= 0.3 is 0 Å². The summed E-state index contributed by atoms with van der Waals surface area (Å²) in [6.07, 6.45) is 1.72. The minimum atomic E-state index is -0.576. The SMILES string of the molecule is CC(C)CC(=Cc1ccc(Cl)c(F)c1)[N+](=O)[O-]. The molecule has 1 rings (SSSR count). The van der Waals surface area contributed by atoms with E-state index in [0.29, 0.717) is 12.0 Å². The average Bonchev–Trinajstić information content (AvgIpc) is 2.21. The average molecular weight is 258 g/mol. The monoisotopic (exact) mass is 257 g/mol. The molecule has 0 heterocycles. The Hall–Kier alpha value is -1.42. The van der Waals surface area contributed by atoms with E-state index in [-0.39, 0.29) is 16.6 Å². The molecule has 0 spiro atoms. The number of hydrogen-bond acceptors (Lipinski definition) is 2. The first-order valence-corrected chi connectivity index (χ1v) is 5.58. The molecule has 1 aromatic carbocycles. The molecule has 0 radical (unpaired) electrons. The zero-order valence-electron chi connectivity index (χ0n) is 9.61. The fourth-order valence-corrected chi connectivity index (χ4v) is 1.52. The van der Waals surface area contributed by atoms with Gasteiger partial charge < -0.3 is 0 Å². The molecule has 17 heavy (non-hydrogen) atoms. The molecule has 0 N–H and O–H groups in total. The van der Waals surface area contributed by atoms with Crippen LogP contribution in [0.15, 0.2) is 23.9 Å². The minimum absolute atomic E-state index is 0.00802. The highest BCUT2D eigenvalue weighted by molar-refractivity contribution is 6.30. The van der Waals surface area contributed by atoms with Gasteiger partial charge in [0.25, 0.3) is 0 Å². The third kappa shape index (κ3) is 4.15. The Kier molecular flexibility index (Phi) is 4.63. The smallest absolute Gasteiger partial charge is 0.247 e. The number of halogens is 2. The maximum Gasteiger partial charge on any atom is 0.247 e. The molecule has 0 aliphatic heterocycles. The normalized spacial score (nSPS) is 11.9. The highest BCUT2D eigenvalue weighted by Crippen LogP contribution is 2.20. The van der Waals surface area contributed by atoms with Crippen LogP contribution in [0.1, 0.15) is 25.8 Å². The lowest BCUT2D eigenvalue weighted by molar-refractivity contribution is -0.427. The first kappa shape index (κ1) is 13.6. The molecule has 3 nitrogen and oxygen atoms in total. The summed E-state index contributed by atoms with van der Waals surface area (Å²) in [6.45, 7) is 3.78. The van der Waals surface area contributed by atoms with Gasteiger partial charge in [-0.3, -0.25) is 10.1 Å². The maximum atomic E-state index is 13.2. The highest BCUT2D eigenvalue weighted by atomic mass is 35.5. The fraction of sp³-hybridized carbons (Fsp3) is 0.333. The molecule has 0 bridgehead atoms. The van der Waals surface area contributed by atoms with Crippen LogP contribution in [-0.4, -0.2) is 4.92 Å². The summed E-state index contributed by atoms with van der Waals surface area (Å²) >= 11 is 5.53. The van der Waals surface area contributed by atoms with Crippen LogP contribution in [0.25, 0.3) is 6.08 Å². The van der Waals surface area contributed by atoms with Crippen LogP contribution < -0.4 is 0 Å². The second-order valence-electron chi connectivity index (χ2n) is 4.16. The van der Waals surface area contributed by atoms with Crippen LogP contribution >= 0.6 is 11.6 Å². The second kappa shape index (κ2) is 5.77. The van der Waals surface area contributed by atoms with Crippen molar-refractivity contribution in [3.05, 3.63) is 50.4 Å². The van der Waals surface area contributed by atoms with Crippen LogP contribution in [0.2, 0.25) is 5.02 Å². The quantitative estimate of drug-likeness (QED) is 0.601. The van der Waals surface area contributed by atoms with Gasteiger partial charge in [-0.1, -0.05) is 31.5 Å². The predicted octanol–water partition coefficient (Wildman–Crippen LogP) is 4.14. The zero-order valence-corrected chi connectivity index (χ0v) is 10.4. The second-order valence-corrected chi connectivity index (χ2v) is 4.57. The van der Waals surface area contributed by atoms with E-state index >= 15 is 0 Å². The number of benzene rings is 1. The van der Waals surface area contributed by atoms with Crippen molar-refractivity contribution in [1.82, 2.24) is 0 Å². The number of nitrogens with zero attached hydrogens (tertiary/aromatic N) is 1. The lowest BCUT2D eigenvalue weighted by atomic mass is 10.1. The van der Waals surface area contributed by atoms with Gasteiger partial charge in [-0.05, 0) is 23.6 Å². The molecule has 0 aliphatic carbocycles. The third-order valence-electron chi connectivity index (χ3n) is 2.13. The molecule has 0 fully saturated rings. The molecular weight excluding hydrogens is 245 g/mol. The molecule has 0 unspecified atom stereocenters. The lowest BCUT2D eigenvalue weighted by Gasteiger charge is -2.02. The van der Waals surface area contributed by atoms with E-state index in [1.165, 1.54) is 18.2 Å². The van der Waals surface area contributed by atoms with Crippen molar-refractivity contribution in [2.45, 2.75) is 20.3 Å². The van der Waals surface area contributed by atoms with Gasteiger partial charge in [0.2, 0.25) is 5.70 Å². The number of hydrogen-bond donors (Lipinski definition) is 0. The topological polar surface area (TPSA) is 43.1 Å². The molecule has 0 atom stereocenters. The van der Waals surface area contributed by atoms with Crippen molar-refractivity contribution in [1.29, 1.82) is 0 Å². The summed E-state index contributed by atoms with van der Waals surface area (Å²) in [6, 6.07) is 4.12. The molecule has 0 aliphatic rings. The van der Waals surface area contributed by atoms with Gasteiger partial charge in [0.15, 0.2) is 0 Å². The molecule has 0 aromatic heterocycles. The number of allylic oxidation sites excluding steroid dienone is 1. The Balaban J connectivity index is 3.04. The standard InChI is InChI=1S/C12H13ClFNO2/c1-8(2)5-10(15(16)17)6-9-3-4-11(13)12(14)7-9/h3-4,6-8H,5H2,1-2H3. The molecule has 5 heteroatoms. The first-order valence-electron chi connectivity index (χ1n) is 5.20. The largest absolute Gasteiger partial charge is 0.259 e. The maximum absolute atomic E-state index is 13.2. The van der Waals surface area contributed by atoms with Crippen molar-refractivity contribution in [2.75, 3.05) is 0 Å². The van der Waals surface area contributed by atoms with Gasteiger partial charge in [-0.2, -0.15) is 0 Å². The molecule has 0 saturated carbocycles. The molecule has 1 aromatic rings. The van der Waals surface area contributed by atoms with Gasteiger partial charge in [-0.15, -0.1) is 0 Å². The van der Waals surface area contributed by atoms with Crippen LogP contribution in [0.5, 0.6) is 0 Å². The van der Waals surface area contributed by atoms with Crippen LogP contribution in [-0.2, 0) is 0 Å². The van der Waals surface area contributed by atoms with Gasteiger partial charge in [-0.25, -0.2) is 4.39 Å². The van der Waals surface area contributed by atoms with Gasteiger partial charge in [0.1, 0.15) is 5.82 Å². The first-order chi connectivity index (χ1) is 7.90. The number of nitro groups is 1. The highest BCUT2D eigenvalue weighted by Gasteiger charge is 2.13. The van der Waals surface area contributed by atoms with Crippen molar-refractivity contribution < 1.29 is 9.31 Å². The van der Waals surface area contributed by atoms with E-state index in [9.17, 15) is 14.5 Å². The van der Waals surface area contributed by atoms with E-state index < -0.39 is 10.7 Å². The summed E-state index contributed by atoms with van der Waals surface area (Å²) in [7, 11) is 0. The van der Waals surface area contributed by atoms with E-state index in [2.05, 4.69) is 0 Å². The molecular formula is C12H13ClFNO2. The van der Waals surface area contributed by atoms with Gasteiger partial charge in [0, 0.05) is 12.5 Å². The number of rotatable bonds is 4. The molecule has 0 saturated heterocycles. The minimum Gasteiger partial charge on any atom is -0.259 e.